The van der Waals surface area contributed by atoms with Crippen molar-refractivity contribution in [3.63, 3.8) is 0 Å². The molecule has 0 aliphatic carbocycles. The van der Waals surface area contributed by atoms with Crippen molar-refractivity contribution in [1.29, 1.82) is 0 Å². The lowest BCUT2D eigenvalue weighted by atomic mass is 10.2. The molecule has 6 heteroatoms. The number of carbonyl (C=O) groups excluding carboxylic acids is 1. The second-order valence-electron chi connectivity index (χ2n) is 4.86. The number of aromatic nitrogens is 1. The highest BCUT2D eigenvalue weighted by atomic mass is 35.5. The molecule has 22 heavy (non-hydrogen) atoms. The van der Waals surface area contributed by atoms with Gasteiger partial charge >= 0.3 is 0 Å². The van der Waals surface area contributed by atoms with E-state index >= 15 is 0 Å². The van der Waals surface area contributed by atoms with Crippen LogP contribution in [0.15, 0.2) is 35.0 Å². The Morgan fingerprint density at radius 3 is 2.77 bits per heavy atom. The quantitative estimate of drug-likeness (QED) is 0.689. The second-order valence-corrected chi connectivity index (χ2v) is 7.05. The maximum Gasteiger partial charge on any atom is 0.267 e. The average molecular weight is 349 g/mol. The molecular formula is C16H13ClN2OS2. The fourth-order valence-corrected chi connectivity index (χ4v) is 3.83. The highest BCUT2D eigenvalue weighted by Crippen LogP contribution is 2.30. The number of halogens is 1. The van der Waals surface area contributed by atoms with E-state index < -0.39 is 0 Å². The lowest BCUT2D eigenvalue weighted by Gasteiger charge is -2.05. The van der Waals surface area contributed by atoms with E-state index in [0.717, 1.165) is 21.8 Å². The number of nitrogens with one attached hydrogen (secondary N) is 1. The number of anilines is 1. The smallest absolute Gasteiger partial charge is 0.267 e. The minimum atomic E-state index is -0.156. The zero-order valence-corrected chi connectivity index (χ0v) is 14.4. The maximum absolute atomic E-state index is 12.4. The Bertz CT molecular complexity index is 825. The van der Waals surface area contributed by atoms with Crippen LogP contribution in [0.3, 0.4) is 0 Å². The molecule has 1 aromatic carbocycles. The van der Waals surface area contributed by atoms with Gasteiger partial charge in [0.05, 0.1) is 5.69 Å². The number of hydrogen-bond acceptors (Lipinski definition) is 4. The summed E-state index contributed by atoms with van der Waals surface area (Å²) in [4.78, 5) is 17.5. The third-order valence-electron chi connectivity index (χ3n) is 3.20. The molecule has 0 aliphatic rings. The number of thiazole rings is 1. The van der Waals surface area contributed by atoms with Crippen molar-refractivity contribution >= 4 is 45.9 Å². The van der Waals surface area contributed by atoms with Crippen LogP contribution in [0.25, 0.3) is 10.6 Å². The summed E-state index contributed by atoms with van der Waals surface area (Å²) >= 11 is 9.10. The van der Waals surface area contributed by atoms with Crippen LogP contribution in [0.5, 0.6) is 0 Å². The molecule has 0 bridgehead atoms. The molecule has 2 heterocycles. The largest absolute Gasteiger partial charge is 0.321 e. The molecule has 2 aromatic heterocycles. The molecule has 112 valence electrons. The van der Waals surface area contributed by atoms with Crippen LogP contribution in [0.2, 0.25) is 5.02 Å². The second kappa shape index (κ2) is 6.20. The molecule has 0 saturated heterocycles. The van der Waals surface area contributed by atoms with E-state index in [4.69, 9.17) is 11.6 Å². The summed E-state index contributed by atoms with van der Waals surface area (Å²) in [7, 11) is 0. The fourth-order valence-electron chi connectivity index (χ4n) is 1.98. The van der Waals surface area contributed by atoms with Gasteiger partial charge in [0.25, 0.3) is 5.91 Å². The predicted molar refractivity (Wildman–Crippen MR) is 94.3 cm³/mol. The minimum absolute atomic E-state index is 0.156. The molecule has 0 unspecified atom stereocenters. The van der Waals surface area contributed by atoms with Gasteiger partial charge < -0.3 is 5.32 Å². The van der Waals surface area contributed by atoms with Gasteiger partial charge in [0.15, 0.2) is 0 Å². The van der Waals surface area contributed by atoms with Crippen LogP contribution in [0.1, 0.15) is 20.9 Å². The minimum Gasteiger partial charge on any atom is -0.321 e. The monoisotopic (exact) mass is 348 g/mol. The number of nitrogens with zero attached hydrogens (tertiary/aromatic N) is 1. The molecule has 1 amide bonds. The number of amides is 1. The van der Waals surface area contributed by atoms with Crippen molar-refractivity contribution in [2.45, 2.75) is 13.8 Å². The van der Waals surface area contributed by atoms with E-state index in [1.54, 1.807) is 17.4 Å². The van der Waals surface area contributed by atoms with Gasteiger partial charge in [-0.25, -0.2) is 4.98 Å². The molecule has 0 atom stereocenters. The number of hydrogen-bond donors (Lipinski definition) is 1. The maximum atomic E-state index is 12.4. The normalized spacial score (nSPS) is 10.7. The summed E-state index contributed by atoms with van der Waals surface area (Å²) in [5, 5.41) is 8.41. The van der Waals surface area contributed by atoms with Crippen molar-refractivity contribution in [1.82, 2.24) is 4.98 Å². The fraction of sp³-hybridized carbons (Fsp3) is 0.125. The van der Waals surface area contributed by atoms with Crippen molar-refractivity contribution in [3.05, 3.63) is 56.2 Å². The van der Waals surface area contributed by atoms with Gasteiger partial charge in [0.2, 0.25) is 0 Å². The van der Waals surface area contributed by atoms with Gasteiger partial charge in [-0.2, -0.15) is 11.3 Å². The Labute approximate surface area is 141 Å². The molecule has 0 saturated carbocycles. The number of thiophene rings is 1. The molecule has 0 spiro atoms. The molecule has 1 N–H and O–H groups in total. The summed E-state index contributed by atoms with van der Waals surface area (Å²) in [6.45, 7) is 3.78. The molecule has 0 fully saturated rings. The van der Waals surface area contributed by atoms with E-state index in [-0.39, 0.29) is 5.91 Å². The standard InChI is InChI=1S/C16H13ClN2OS2/c1-9-3-4-12(7-13(9)17)19-15(20)14-10(2)18-16(22-14)11-5-6-21-8-11/h3-8H,1-2H3,(H,19,20). The topological polar surface area (TPSA) is 42.0 Å². The molecule has 3 aromatic rings. The summed E-state index contributed by atoms with van der Waals surface area (Å²) < 4.78 is 0. The number of aryl methyl sites for hydroxylation is 2. The van der Waals surface area contributed by atoms with E-state index in [9.17, 15) is 4.79 Å². The molecule has 0 aliphatic heterocycles. The van der Waals surface area contributed by atoms with Gasteiger partial charge in [0.1, 0.15) is 9.88 Å². The number of benzene rings is 1. The van der Waals surface area contributed by atoms with Crippen LogP contribution < -0.4 is 5.32 Å². The van der Waals surface area contributed by atoms with E-state index in [1.807, 2.05) is 42.8 Å². The first kappa shape index (κ1) is 15.2. The zero-order chi connectivity index (χ0) is 15.7. The Balaban J connectivity index is 1.84. The average Bonchev–Trinajstić information content (AvgIpc) is 3.12. The van der Waals surface area contributed by atoms with Crippen molar-refractivity contribution in [2.24, 2.45) is 0 Å². The third kappa shape index (κ3) is 3.06. The lowest BCUT2D eigenvalue weighted by molar-refractivity contribution is 0.103. The van der Waals surface area contributed by atoms with Crippen LogP contribution in [-0.4, -0.2) is 10.9 Å². The van der Waals surface area contributed by atoms with Crippen molar-refractivity contribution in [3.8, 4) is 10.6 Å². The van der Waals surface area contributed by atoms with Gasteiger partial charge in [-0.05, 0) is 43.0 Å². The Kier molecular flexibility index (Phi) is 4.29. The molecule has 0 radical (unpaired) electrons. The molecule has 3 nitrogen and oxygen atoms in total. The summed E-state index contributed by atoms with van der Waals surface area (Å²) in [5.41, 5.74) is 3.45. The van der Waals surface area contributed by atoms with Gasteiger partial charge in [-0.15, -0.1) is 11.3 Å². The van der Waals surface area contributed by atoms with Crippen LogP contribution in [-0.2, 0) is 0 Å². The van der Waals surface area contributed by atoms with Gasteiger partial charge in [0, 0.05) is 21.7 Å². The van der Waals surface area contributed by atoms with Crippen LogP contribution in [0, 0.1) is 13.8 Å². The first-order chi connectivity index (χ1) is 10.5. The Hall–Kier alpha value is -1.69. The van der Waals surface area contributed by atoms with E-state index in [2.05, 4.69) is 10.3 Å². The Morgan fingerprint density at radius 2 is 2.09 bits per heavy atom. The van der Waals surface area contributed by atoms with Crippen LogP contribution >= 0.6 is 34.3 Å². The number of rotatable bonds is 3. The molecule has 3 rings (SSSR count). The number of carbonyl (C=O) groups is 1. The van der Waals surface area contributed by atoms with Crippen LogP contribution in [0.4, 0.5) is 5.69 Å². The third-order valence-corrected chi connectivity index (χ3v) is 5.50. The van der Waals surface area contributed by atoms with Crippen molar-refractivity contribution in [2.75, 3.05) is 5.32 Å². The SMILES string of the molecule is Cc1ccc(NC(=O)c2sc(-c3ccsc3)nc2C)cc1Cl. The van der Waals surface area contributed by atoms with E-state index in [0.29, 0.717) is 15.6 Å². The van der Waals surface area contributed by atoms with Gasteiger partial charge in [-0.3, -0.25) is 4.79 Å². The first-order valence-corrected chi connectivity index (χ1v) is 8.76. The highest BCUT2D eigenvalue weighted by Gasteiger charge is 2.16. The zero-order valence-electron chi connectivity index (χ0n) is 12.0. The molecular weight excluding hydrogens is 336 g/mol. The lowest BCUT2D eigenvalue weighted by Crippen LogP contribution is -2.11. The van der Waals surface area contributed by atoms with Crippen molar-refractivity contribution < 1.29 is 4.79 Å². The van der Waals surface area contributed by atoms with Gasteiger partial charge in [-0.1, -0.05) is 17.7 Å². The first-order valence-electron chi connectivity index (χ1n) is 6.62. The highest BCUT2D eigenvalue weighted by molar-refractivity contribution is 7.17. The summed E-state index contributed by atoms with van der Waals surface area (Å²) in [6.07, 6.45) is 0. The Morgan fingerprint density at radius 1 is 1.27 bits per heavy atom. The predicted octanol–water partition coefficient (Wildman–Crippen LogP) is 5.39. The van der Waals surface area contributed by atoms with E-state index in [1.165, 1.54) is 11.3 Å². The summed E-state index contributed by atoms with van der Waals surface area (Å²) in [5.74, 6) is -0.156. The summed E-state index contributed by atoms with van der Waals surface area (Å²) in [6, 6.07) is 7.48.